The third-order valence-electron chi connectivity index (χ3n) is 5.29. The predicted octanol–water partition coefficient (Wildman–Crippen LogP) is 3.89. The molecule has 8 nitrogen and oxygen atoms in total. The van der Waals surface area contributed by atoms with Gasteiger partial charge in [0.15, 0.2) is 5.69 Å². The van der Waals surface area contributed by atoms with Gasteiger partial charge in [-0.05, 0) is 23.6 Å². The van der Waals surface area contributed by atoms with Gasteiger partial charge < -0.3 is 14.6 Å². The van der Waals surface area contributed by atoms with Crippen molar-refractivity contribution >= 4 is 5.97 Å². The molecule has 8 heteroatoms. The summed E-state index contributed by atoms with van der Waals surface area (Å²) in [7, 11) is 3.19. The van der Waals surface area contributed by atoms with E-state index in [2.05, 4.69) is 17.0 Å². The smallest absolute Gasteiger partial charge is 0.355 e. The number of hydrogen-bond donors (Lipinski definition) is 1. The molecule has 1 aromatic carbocycles. The Morgan fingerprint density at radius 3 is 2.42 bits per heavy atom. The van der Waals surface area contributed by atoms with Crippen LogP contribution in [0.3, 0.4) is 0 Å². The van der Waals surface area contributed by atoms with Crippen LogP contribution < -0.4 is 0 Å². The maximum atomic E-state index is 11.5. The second kappa shape index (κ2) is 9.80. The summed E-state index contributed by atoms with van der Waals surface area (Å²) < 4.78 is 13.1. The summed E-state index contributed by atoms with van der Waals surface area (Å²) in [6.45, 7) is 4.80. The second-order valence-corrected chi connectivity index (χ2v) is 7.17. The molecule has 0 aliphatic carbocycles. The highest BCUT2D eigenvalue weighted by atomic mass is 16.7. The highest BCUT2D eigenvalue weighted by molar-refractivity contribution is 5.93. The van der Waals surface area contributed by atoms with Crippen molar-refractivity contribution in [3.63, 3.8) is 0 Å². The van der Waals surface area contributed by atoms with Gasteiger partial charge >= 0.3 is 5.97 Å². The molecule has 0 aliphatic rings. The highest BCUT2D eigenvalue weighted by Crippen LogP contribution is 2.28. The zero-order valence-corrected chi connectivity index (χ0v) is 18.3. The van der Waals surface area contributed by atoms with E-state index >= 15 is 0 Å². The first kappa shape index (κ1) is 22.6. The molecule has 0 amide bonds. The van der Waals surface area contributed by atoms with E-state index in [0.29, 0.717) is 24.2 Å². The van der Waals surface area contributed by atoms with Crippen LogP contribution in [0.1, 0.15) is 54.4 Å². The van der Waals surface area contributed by atoms with Gasteiger partial charge in [-0.2, -0.15) is 5.10 Å². The van der Waals surface area contributed by atoms with Crippen LogP contribution in [-0.4, -0.2) is 45.0 Å². The van der Waals surface area contributed by atoms with Crippen molar-refractivity contribution in [3.05, 3.63) is 65.5 Å². The first-order chi connectivity index (χ1) is 15.0. The van der Waals surface area contributed by atoms with E-state index in [1.54, 1.807) is 26.4 Å². The Balaban J connectivity index is 1.90. The van der Waals surface area contributed by atoms with Gasteiger partial charge in [0.1, 0.15) is 5.82 Å². The molecule has 0 fully saturated rings. The van der Waals surface area contributed by atoms with E-state index in [4.69, 9.17) is 14.5 Å². The Morgan fingerprint density at radius 1 is 1.13 bits per heavy atom. The van der Waals surface area contributed by atoms with Gasteiger partial charge in [-0.1, -0.05) is 44.2 Å². The first-order valence-electron chi connectivity index (χ1n) is 10.3. The predicted molar refractivity (Wildman–Crippen MR) is 116 cm³/mol. The monoisotopic (exact) mass is 424 g/mol. The average Bonchev–Trinajstić information content (AvgIpc) is 3.19. The molecule has 0 saturated heterocycles. The SMILES string of the molecule is CCCn1nc(C(CC)(OC)OC)nc1Cc1ccc(-c2cccnc2C(=O)O)cc1. The number of aromatic nitrogens is 4. The molecule has 0 aliphatic heterocycles. The summed E-state index contributed by atoms with van der Waals surface area (Å²) in [6, 6.07) is 11.2. The van der Waals surface area contributed by atoms with Crippen LogP contribution in [-0.2, 0) is 28.2 Å². The summed E-state index contributed by atoms with van der Waals surface area (Å²) in [5.41, 5.74) is 2.47. The number of hydrogen-bond acceptors (Lipinski definition) is 6. The van der Waals surface area contributed by atoms with Crippen molar-refractivity contribution in [2.24, 2.45) is 0 Å². The first-order valence-corrected chi connectivity index (χ1v) is 10.3. The zero-order chi connectivity index (χ0) is 22.4. The lowest BCUT2D eigenvalue weighted by atomic mass is 10.0. The van der Waals surface area contributed by atoms with Crippen molar-refractivity contribution in [2.75, 3.05) is 14.2 Å². The molecule has 0 spiro atoms. The van der Waals surface area contributed by atoms with E-state index in [-0.39, 0.29) is 5.69 Å². The lowest BCUT2D eigenvalue weighted by molar-refractivity contribution is -0.222. The number of carbonyl (C=O) groups is 1. The lowest BCUT2D eigenvalue weighted by Crippen LogP contribution is -2.31. The molecule has 3 rings (SSSR count). The minimum absolute atomic E-state index is 0.0395. The van der Waals surface area contributed by atoms with Gasteiger partial charge in [0.2, 0.25) is 11.6 Å². The average molecular weight is 425 g/mol. The van der Waals surface area contributed by atoms with Crippen molar-refractivity contribution in [1.29, 1.82) is 0 Å². The summed E-state index contributed by atoms with van der Waals surface area (Å²) in [5, 5.41) is 14.0. The normalized spacial score (nSPS) is 11.6. The second-order valence-electron chi connectivity index (χ2n) is 7.17. The van der Waals surface area contributed by atoms with Gasteiger partial charge in [-0.25, -0.2) is 19.4 Å². The van der Waals surface area contributed by atoms with E-state index in [9.17, 15) is 9.90 Å². The van der Waals surface area contributed by atoms with E-state index in [0.717, 1.165) is 29.9 Å². The van der Waals surface area contributed by atoms with Crippen molar-refractivity contribution in [3.8, 4) is 11.1 Å². The minimum Gasteiger partial charge on any atom is -0.476 e. The summed E-state index contributed by atoms with van der Waals surface area (Å²) in [5.74, 6) is -0.674. The molecule has 2 heterocycles. The maximum Gasteiger partial charge on any atom is 0.355 e. The molecule has 0 radical (unpaired) electrons. The number of nitrogens with zero attached hydrogens (tertiary/aromatic N) is 4. The molecule has 2 aromatic heterocycles. The Labute approximate surface area is 181 Å². The number of ether oxygens (including phenoxy) is 2. The fourth-order valence-electron chi connectivity index (χ4n) is 3.56. The van der Waals surface area contributed by atoms with Gasteiger partial charge in [-0.3, -0.25) is 0 Å². The molecule has 31 heavy (non-hydrogen) atoms. The van der Waals surface area contributed by atoms with Crippen molar-refractivity contribution in [2.45, 2.75) is 45.4 Å². The Morgan fingerprint density at radius 2 is 1.84 bits per heavy atom. The topological polar surface area (TPSA) is 99.4 Å². The minimum atomic E-state index is -1.05. The molecule has 164 valence electrons. The van der Waals surface area contributed by atoms with Crippen LogP contribution in [0, 0.1) is 0 Å². The van der Waals surface area contributed by atoms with Gasteiger partial charge in [0.05, 0.1) is 0 Å². The number of pyridine rings is 1. The molecular formula is C23H28N4O4. The number of aryl methyl sites for hydroxylation is 1. The van der Waals surface area contributed by atoms with Gasteiger partial charge in [-0.15, -0.1) is 0 Å². The van der Waals surface area contributed by atoms with Crippen LogP contribution in [0.2, 0.25) is 0 Å². The van der Waals surface area contributed by atoms with E-state index < -0.39 is 11.8 Å². The van der Waals surface area contributed by atoms with Crippen LogP contribution in [0.15, 0.2) is 42.6 Å². The van der Waals surface area contributed by atoms with Gasteiger partial charge in [0.25, 0.3) is 0 Å². The third-order valence-corrected chi connectivity index (χ3v) is 5.29. The molecular weight excluding hydrogens is 396 g/mol. The van der Waals surface area contributed by atoms with Crippen LogP contribution in [0.25, 0.3) is 11.1 Å². The lowest BCUT2D eigenvalue weighted by Gasteiger charge is -2.26. The molecule has 0 unspecified atom stereocenters. The molecule has 0 bridgehead atoms. The number of carboxylic acids is 1. The number of aromatic carboxylic acids is 1. The van der Waals surface area contributed by atoms with Crippen LogP contribution >= 0.6 is 0 Å². The summed E-state index contributed by atoms with van der Waals surface area (Å²) in [6.07, 6.45) is 3.57. The fourth-order valence-corrected chi connectivity index (χ4v) is 3.56. The third kappa shape index (κ3) is 4.65. The standard InChI is InChI=1S/C23H28N4O4/c1-5-14-27-19(25-22(26-27)23(6-2,30-3)31-4)15-16-9-11-17(12-10-16)18-8-7-13-24-20(18)21(28)29/h7-13H,5-6,14-15H2,1-4H3,(H,28,29). The Hall–Kier alpha value is -3.10. The molecule has 0 saturated carbocycles. The van der Waals surface area contributed by atoms with Crippen molar-refractivity contribution in [1.82, 2.24) is 19.7 Å². The quantitative estimate of drug-likeness (QED) is 0.493. The fraction of sp³-hybridized carbons (Fsp3) is 0.391. The molecule has 3 aromatic rings. The number of rotatable bonds is 10. The van der Waals surface area contributed by atoms with Crippen LogP contribution in [0.4, 0.5) is 0 Å². The van der Waals surface area contributed by atoms with Crippen LogP contribution in [0.5, 0.6) is 0 Å². The largest absolute Gasteiger partial charge is 0.476 e. The van der Waals surface area contributed by atoms with Crippen molar-refractivity contribution < 1.29 is 19.4 Å². The summed E-state index contributed by atoms with van der Waals surface area (Å²) in [4.78, 5) is 20.2. The summed E-state index contributed by atoms with van der Waals surface area (Å²) >= 11 is 0. The number of methoxy groups -OCH3 is 2. The highest BCUT2D eigenvalue weighted by Gasteiger charge is 2.35. The molecule has 0 atom stereocenters. The maximum absolute atomic E-state index is 11.5. The Bertz CT molecular complexity index is 1020. The number of benzene rings is 1. The molecule has 1 N–H and O–H groups in total. The van der Waals surface area contributed by atoms with Gasteiger partial charge in [0, 0.05) is 45.4 Å². The Kier molecular flexibility index (Phi) is 7.14. The zero-order valence-electron chi connectivity index (χ0n) is 18.3. The number of carboxylic acid groups (broad SMARTS) is 1. The van der Waals surface area contributed by atoms with E-state index in [1.807, 2.05) is 35.9 Å². The van der Waals surface area contributed by atoms with E-state index in [1.165, 1.54) is 6.20 Å².